The van der Waals surface area contributed by atoms with Crippen molar-refractivity contribution in [2.75, 3.05) is 0 Å². The van der Waals surface area contributed by atoms with Crippen LogP contribution in [-0.4, -0.2) is 9.97 Å². The van der Waals surface area contributed by atoms with Crippen molar-refractivity contribution in [2.45, 2.75) is 0 Å². The van der Waals surface area contributed by atoms with Crippen LogP contribution in [-0.2, 0) is 0 Å². The molecule has 9 heavy (non-hydrogen) atoms. The first kappa shape index (κ1) is 5.99. The van der Waals surface area contributed by atoms with Gasteiger partial charge in [-0.15, -0.1) is 0 Å². The summed E-state index contributed by atoms with van der Waals surface area (Å²) in [7, 11) is 0. The van der Waals surface area contributed by atoms with Crippen LogP contribution in [0.15, 0.2) is 12.3 Å². The molecular weight excluding hydrogens is 138 g/mol. The maximum Gasteiger partial charge on any atom is 0.233 e. The Kier molecular flexibility index (Phi) is 1.61. The summed E-state index contributed by atoms with van der Waals surface area (Å²) in [6.07, 6.45) is 1.44. The molecule has 0 radical (unpaired) electrons. The Labute approximate surface area is 56.9 Å². The first-order chi connectivity index (χ1) is 4.33. The first-order valence-corrected chi connectivity index (χ1v) is 2.59. The van der Waals surface area contributed by atoms with Crippen molar-refractivity contribution in [3.05, 3.63) is 23.2 Å². The van der Waals surface area contributed by atoms with Gasteiger partial charge in [0.25, 0.3) is 0 Å². The zero-order chi connectivity index (χ0) is 6.69. The third-order valence-corrected chi connectivity index (χ3v) is 0.932. The van der Waals surface area contributed by atoms with Crippen LogP contribution >= 0.6 is 11.6 Å². The maximum absolute atomic E-state index is 8.23. The number of rotatable bonds is 0. The monoisotopic (exact) mass is 139 g/mol. The number of halogens is 1. The van der Waals surface area contributed by atoms with Gasteiger partial charge in [-0.1, -0.05) is 11.6 Å². The Hall–Kier alpha value is -1.14. The summed E-state index contributed by atoms with van der Waals surface area (Å²) < 4.78 is 0. The molecule has 1 heterocycles. The summed E-state index contributed by atoms with van der Waals surface area (Å²) in [6, 6.07) is 3.28. The van der Waals surface area contributed by atoms with Crippen molar-refractivity contribution in [3.8, 4) is 6.07 Å². The van der Waals surface area contributed by atoms with Gasteiger partial charge in [-0.3, -0.25) is 0 Å². The Morgan fingerprint density at radius 1 is 1.67 bits per heavy atom. The molecule has 44 valence electrons. The highest BCUT2D eigenvalue weighted by molar-refractivity contribution is 6.29. The van der Waals surface area contributed by atoms with Crippen LogP contribution in [0.4, 0.5) is 0 Å². The summed E-state index contributed by atoms with van der Waals surface area (Å²) in [5.74, 6) is 0.0995. The van der Waals surface area contributed by atoms with Crippen molar-refractivity contribution < 1.29 is 0 Å². The van der Waals surface area contributed by atoms with Gasteiger partial charge in [-0.05, 0) is 6.07 Å². The molecule has 0 amide bonds. The van der Waals surface area contributed by atoms with Crippen molar-refractivity contribution in [1.29, 1.82) is 5.26 Å². The molecule has 4 heteroatoms. The SMILES string of the molecule is N#Cc1nccc(Cl)n1. The zero-order valence-electron chi connectivity index (χ0n) is 4.37. The Morgan fingerprint density at radius 3 is 2.89 bits per heavy atom. The second-order valence-corrected chi connectivity index (χ2v) is 1.70. The Balaban J connectivity index is 3.12. The van der Waals surface area contributed by atoms with E-state index < -0.39 is 0 Å². The number of hydrogen-bond donors (Lipinski definition) is 0. The van der Waals surface area contributed by atoms with Crippen molar-refractivity contribution >= 4 is 11.6 Å². The molecule has 0 saturated heterocycles. The average molecular weight is 140 g/mol. The van der Waals surface area contributed by atoms with E-state index in [2.05, 4.69) is 9.97 Å². The van der Waals surface area contributed by atoms with Crippen LogP contribution in [0.3, 0.4) is 0 Å². The van der Waals surface area contributed by atoms with E-state index in [4.69, 9.17) is 16.9 Å². The molecule has 0 N–H and O–H groups in total. The molecule has 0 unspecified atom stereocenters. The minimum atomic E-state index is 0.0995. The van der Waals surface area contributed by atoms with Crippen molar-refractivity contribution in [2.24, 2.45) is 0 Å². The normalized spacial score (nSPS) is 8.44. The maximum atomic E-state index is 8.23. The molecule has 0 aliphatic carbocycles. The third kappa shape index (κ3) is 1.37. The smallest absolute Gasteiger partial charge is 0.227 e. The van der Waals surface area contributed by atoms with E-state index >= 15 is 0 Å². The Bertz CT molecular complexity index is 253. The van der Waals surface area contributed by atoms with Crippen LogP contribution < -0.4 is 0 Å². The highest BCUT2D eigenvalue weighted by Crippen LogP contribution is 2.00. The van der Waals surface area contributed by atoms with Gasteiger partial charge in [0, 0.05) is 6.20 Å². The van der Waals surface area contributed by atoms with Gasteiger partial charge < -0.3 is 0 Å². The molecule has 0 saturated carbocycles. The summed E-state index contributed by atoms with van der Waals surface area (Å²) in [6.45, 7) is 0. The number of nitrogens with zero attached hydrogens (tertiary/aromatic N) is 3. The first-order valence-electron chi connectivity index (χ1n) is 2.21. The van der Waals surface area contributed by atoms with Crippen LogP contribution in [0.5, 0.6) is 0 Å². The summed E-state index contributed by atoms with van der Waals surface area (Å²) in [4.78, 5) is 7.19. The molecule has 0 aliphatic heterocycles. The predicted octanol–water partition coefficient (Wildman–Crippen LogP) is 1.00. The van der Waals surface area contributed by atoms with E-state index in [1.807, 2.05) is 0 Å². The van der Waals surface area contributed by atoms with Crippen molar-refractivity contribution in [1.82, 2.24) is 9.97 Å². The molecule has 1 aromatic heterocycles. The fourth-order valence-electron chi connectivity index (χ4n) is 0.391. The molecule has 1 rings (SSSR count). The number of hydrogen-bond acceptors (Lipinski definition) is 3. The van der Waals surface area contributed by atoms with E-state index in [0.717, 1.165) is 0 Å². The summed E-state index contributed by atoms with van der Waals surface area (Å²) >= 11 is 5.42. The molecule has 0 spiro atoms. The van der Waals surface area contributed by atoms with E-state index in [-0.39, 0.29) is 5.82 Å². The lowest BCUT2D eigenvalue weighted by atomic mass is 10.6. The van der Waals surface area contributed by atoms with Gasteiger partial charge in [0.15, 0.2) is 0 Å². The van der Waals surface area contributed by atoms with Crippen LogP contribution in [0, 0.1) is 11.3 Å². The van der Waals surface area contributed by atoms with Crippen molar-refractivity contribution in [3.63, 3.8) is 0 Å². The molecule has 0 bridgehead atoms. The Morgan fingerprint density at radius 2 is 2.44 bits per heavy atom. The standard InChI is InChI=1S/C5H2ClN3/c6-4-1-2-8-5(3-7)9-4/h1-2H. The quantitative estimate of drug-likeness (QED) is 0.504. The lowest BCUT2D eigenvalue weighted by molar-refractivity contribution is 1.11. The van der Waals surface area contributed by atoms with Gasteiger partial charge in [-0.25, -0.2) is 9.97 Å². The molecule has 1 aromatic rings. The van der Waals surface area contributed by atoms with Gasteiger partial charge >= 0.3 is 0 Å². The number of aromatic nitrogens is 2. The molecule has 0 fully saturated rings. The largest absolute Gasteiger partial charge is 0.233 e. The summed E-state index contributed by atoms with van der Waals surface area (Å²) in [5, 5.41) is 8.52. The van der Waals surface area contributed by atoms with Crippen LogP contribution in [0.25, 0.3) is 0 Å². The number of nitriles is 1. The van der Waals surface area contributed by atoms with Crippen LogP contribution in [0.1, 0.15) is 5.82 Å². The molecule has 0 aliphatic rings. The average Bonchev–Trinajstić information content (AvgIpc) is 1.88. The highest BCUT2D eigenvalue weighted by Gasteiger charge is 1.91. The topological polar surface area (TPSA) is 49.6 Å². The molecule has 0 aromatic carbocycles. The summed E-state index contributed by atoms with van der Waals surface area (Å²) in [5.41, 5.74) is 0. The molecule has 0 atom stereocenters. The zero-order valence-corrected chi connectivity index (χ0v) is 5.13. The van der Waals surface area contributed by atoms with E-state index in [1.54, 1.807) is 6.07 Å². The van der Waals surface area contributed by atoms with E-state index in [0.29, 0.717) is 5.15 Å². The van der Waals surface area contributed by atoms with Gasteiger partial charge in [0.2, 0.25) is 5.82 Å². The van der Waals surface area contributed by atoms with Gasteiger partial charge in [0.1, 0.15) is 11.2 Å². The fraction of sp³-hybridized carbons (Fsp3) is 0. The van der Waals surface area contributed by atoms with Gasteiger partial charge in [-0.2, -0.15) is 5.26 Å². The van der Waals surface area contributed by atoms with Crippen LogP contribution in [0.2, 0.25) is 5.15 Å². The van der Waals surface area contributed by atoms with Gasteiger partial charge in [0.05, 0.1) is 0 Å². The third-order valence-electron chi connectivity index (χ3n) is 0.722. The second-order valence-electron chi connectivity index (χ2n) is 1.31. The highest BCUT2D eigenvalue weighted by atomic mass is 35.5. The van der Waals surface area contributed by atoms with E-state index in [1.165, 1.54) is 12.3 Å². The van der Waals surface area contributed by atoms with E-state index in [9.17, 15) is 0 Å². The second kappa shape index (κ2) is 2.42. The minimum Gasteiger partial charge on any atom is -0.227 e. The lowest BCUT2D eigenvalue weighted by Gasteiger charge is -1.85. The molecule has 3 nitrogen and oxygen atoms in total. The minimum absolute atomic E-state index is 0.0995. The molecular formula is C5H2ClN3. The fourth-order valence-corrected chi connectivity index (χ4v) is 0.527. The predicted molar refractivity (Wildman–Crippen MR) is 31.8 cm³/mol. The lowest BCUT2D eigenvalue weighted by Crippen LogP contribution is -1.85.